The summed E-state index contributed by atoms with van der Waals surface area (Å²) in [5.74, 6) is 0.0119. The maximum Gasteiger partial charge on any atom is 0.258 e. The first-order chi connectivity index (χ1) is 18.5. The van der Waals surface area contributed by atoms with E-state index in [1.807, 2.05) is 30.3 Å². The van der Waals surface area contributed by atoms with Crippen LogP contribution in [-0.2, 0) is 20.9 Å². The molecule has 3 aromatic rings. The molecule has 1 fully saturated rings. The Bertz CT molecular complexity index is 1270. The van der Waals surface area contributed by atoms with E-state index in [0.29, 0.717) is 29.4 Å². The molecule has 1 aliphatic rings. The standard InChI is InChI=1S/C28H30N4O6/c1-36-22-13-11-21(12-14-22)32-17-20(15-26(32)34)28(35)31-30-23-9-6-10-24(37-2)27(23)38-18-25(33)29-16-19-7-4-3-5-8-19/h3-14,20,30H,15-18H2,1-2H3,(H,29,33)(H,31,35)/t20-/m1/s1. The molecule has 10 nitrogen and oxygen atoms in total. The fourth-order valence-corrected chi connectivity index (χ4v) is 4.04. The minimum atomic E-state index is -0.546. The van der Waals surface area contributed by atoms with Crippen LogP contribution >= 0.6 is 0 Å². The van der Waals surface area contributed by atoms with Crippen molar-refractivity contribution in [2.75, 3.05) is 37.7 Å². The number of hydrazine groups is 1. The van der Waals surface area contributed by atoms with Gasteiger partial charge in [0.25, 0.3) is 5.91 Å². The summed E-state index contributed by atoms with van der Waals surface area (Å²) < 4.78 is 16.3. The van der Waals surface area contributed by atoms with Gasteiger partial charge >= 0.3 is 0 Å². The van der Waals surface area contributed by atoms with E-state index in [1.54, 1.807) is 54.5 Å². The summed E-state index contributed by atoms with van der Waals surface area (Å²) in [5.41, 5.74) is 7.58. The highest BCUT2D eigenvalue weighted by molar-refractivity contribution is 6.00. The highest BCUT2D eigenvalue weighted by Gasteiger charge is 2.35. The number of nitrogens with zero attached hydrogens (tertiary/aromatic N) is 1. The number of methoxy groups -OCH3 is 2. The molecule has 1 saturated heterocycles. The van der Waals surface area contributed by atoms with Gasteiger partial charge in [0.05, 0.1) is 25.8 Å². The largest absolute Gasteiger partial charge is 0.497 e. The van der Waals surface area contributed by atoms with E-state index in [0.717, 1.165) is 5.56 Å². The summed E-state index contributed by atoms with van der Waals surface area (Å²) in [5, 5.41) is 2.80. The van der Waals surface area contributed by atoms with Crippen LogP contribution in [0.4, 0.5) is 11.4 Å². The van der Waals surface area contributed by atoms with Crippen LogP contribution in [0.1, 0.15) is 12.0 Å². The lowest BCUT2D eigenvalue weighted by Gasteiger charge is -2.19. The summed E-state index contributed by atoms with van der Waals surface area (Å²) in [4.78, 5) is 39.4. The maximum atomic E-state index is 12.9. The zero-order valence-electron chi connectivity index (χ0n) is 21.2. The fraction of sp³-hybridized carbons (Fsp3) is 0.250. The summed E-state index contributed by atoms with van der Waals surface area (Å²) >= 11 is 0. The van der Waals surface area contributed by atoms with E-state index < -0.39 is 5.92 Å². The number of carbonyl (C=O) groups is 3. The van der Waals surface area contributed by atoms with Crippen molar-refractivity contribution in [3.63, 3.8) is 0 Å². The monoisotopic (exact) mass is 518 g/mol. The molecule has 1 aliphatic heterocycles. The van der Waals surface area contributed by atoms with Gasteiger partial charge in [0.2, 0.25) is 11.8 Å². The normalized spacial score (nSPS) is 14.5. The lowest BCUT2D eigenvalue weighted by molar-refractivity contribution is -0.126. The highest BCUT2D eigenvalue weighted by atomic mass is 16.5. The van der Waals surface area contributed by atoms with Crippen LogP contribution in [0.15, 0.2) is 72.8 Å². The number of amides is 3. The number of benzene rings is 3. The molecule has 1 atom stereocenters. The Hall–Kier alpha value is -4.73. The number of hydrogen-bond acceptors (Lipinski definition) is 7. The SMILES string of the molecule is COc1ccc(N2C[C@H](C(=O)NNc3cccc(OC)c3OCC(=O)NCc3ccccc3)CC2=O)cc1. The lowest BCUT2D eigenvalue weighted by Crippen LogP contribution is -2.36. The average molecular weight is 519 g/mol. The molecule has 1 heterocycles. The number of nitrogens with one attached hydrogen (secondary N) is 3. The Balaban J connectivity index is 1.34. The van der Waals surface area contributed by atoms with Crippen molar-refractivity contribution >= 4 is 29.1 Å². The van der Waals surface area contributed by atoms with Crippen molar-refractivity contribution in [3.05, 3.63) is 78.4 Å². The van der Waals surface area contributed by atoms with E-state index in [4.69, 9.17) is 14.2 Å². The second kappa shape index (κ2) is 12.5. The molecule has 0 bridgehead atoms. The molecule has 0 unspecified atom stereocenters. The molecule has 3 amide bonds. The fourth-order valence-electron chi connectivity index (χ4n) is 4.04. The summed E-state index contributed by atoms with van der Waals surface area (Å²) in [6.45, 7) is 0.384. The van der Waals surface area contributed by atoms with Crippen LogP contribution in [0.25, 0.3) is 0 Å². The van der Waals surface area contributed by atoms with E-state index in [9.17, 15) is 14.4 Å². The molecule has 0 saturated carbocycles. The topological polar surface area (TPSA) is 118 Å². The molecule has 198 valence electrons. The third kappa shape index (κ3) is 6.52. The van der Waals surface area contributed by atoms with Crippen molar-refractivity contribution < 1.29 is 28.6 Å². The molecule has 0 spiro atoms. The van der Waals surface area contributed by atoms with Gasteiger partial charge in [-0.25, -0.2) is 0 Å². The first kappa shape index (κ1) is 26.3. The van der Waals surface area contributed by atoms with Gasteiger partial charge in [0.1, 0.15) is 5.75 Å². The maximum absolute atomic E-state index is 12.9. The van der Waals surface area contributed by atoms with Gasteiger partial charge in [-0.3, -0.25) is 25.2 Å². The van der Waals surface area contributed by atoms with Gasteiger partial charge in [-0.15, -0.1) is 0 Å². The van der Waals surface area contributed by atoms with Gasteiger partial charge in [-0.1, -0.05) is 36.4 Å². The predicted molar refractivity (Wildman–Crippen MR) is 142 cm³/mol. The average Bonchev–Trinajstić information content (AvgIpc) is 3.35. The Kier molecular flexibility index (Phi) is 8.65. The van der Waals surface area contributed by atoms with Crippen LogP contribution < -0.4 is 35.3 Å². The Morgan fingerprint density at radius 1 is 0.947 bits per heavy atom. The summed E-state index contributed by atoms with van der Waals surface area (Å²) in [6, 6.07) is 21.7. The lowest BCUT2D eigenvalue weighted by atomic mass is 10.1. The van der Waals surface area contributed by atoms with Gasteiger partial charge in [-0.2, -0.15) is 0 Å². The third-order valence-corrected chi connectivity index (χ3v) is 6.08. The van der Waals surface area contributed by atoms with E-state index in [2.05, 4.69) is 16.2 Å². The van der Waals surface area contributed by atoms with Crippen LogP contribution in [0.2, 0.25) is 0 Å². The number of hydrogen-bond donors (Lipinski definition) is 3. The Morgan fingerprint density at radius 3 is 2.42 bits per heavy atom. The zero-order chi connectivity index (χ0) is 26.9. The van der Waals surface area contributed by atoms with Gasteiger partial charge < -0.3 is 24.4 Å². The first-order valence-electron chi connectivity index (χ1n) is 12.1. The number of carbonyl (C=O) groups excluding carboxylic acids is 3. The first-order valence-corrected chi connectivity index (χ1v) is 12.1. The molecule has 0 aromatic heterocycles. The Morgan fingerprint density at radius 2 is 1.71 bits per heavy atom. The summed E-state index contributed by atoms with van der Waals surface area (Å²) in [7, 11) is 3.06. The van der Waals surface area contributed by atoms with E-state index in [-0.39, 0.29) is 43.0 Å². The van der Waals surface area contributed by atoms with Crippen molar-refractivity contribution in [2.24, 2.45) is 5.92 Å². The quantitative estimate of drug-likeness (QED) is 0.334. The van der Waals surface area contributed by atoms with Gasteiger partial charge in [0, 0.05) is 25.2 Å². The second-order valence-electron chi connectivity index (χ2n) is 8.61. The zero-order valence-corrected chi connectivity index (χ0v) is 21.2. The number of ether oxygens (including phenoxy) is 3. The van der Waals surface area contributed by atoms with Gasteiger partial charge in [-0.05, 0) is 42.0 Å². The summed E-state index contributed by atoms with van der Waals surface area (Å²) in [6.07, 6.45) is 0.0859. The molecule has 38 heavy (non-hydrogen) atoms. The minimum absolute atomic E-state index is 0.0859. The number of para-hydroxylation sites is 1. The smallest absolute Gasteiger partial charge is 0.258 e. The van der Waals surface area contributed by atoms with Crippen LogP contribution in [0.5, 0.6) is 17.2 Å². The van der Waals surface area contributed by atoms with Crippen LogP contribution in [0, 0.1) is 5.92 Å². The number of anilines is 2. The van der Waals surface area contributed by atoms with Crippen LogP contribution in [0.3, 0.4) is 0 Å². The highest BCUT2D eigenvalue weighted by Crippen LogP contribution is 2.35. The predicted octanol–water partition coefficient (Wildman–Crippen LogP) is 2.90. The molecular formula is C28H30N4O6. The minimum Gasteiger partial charge on any atom is -0.497 e. The molecular weight excluding hydrogens is 488 g/mol. The molecule has 0 radical (unpaired) electrons. The van der Waals surface area contributed by atoms with Crippen molar-refractivity contribution in [3.8, 4) is 17.2 Å². The molecule has 3 aromatic carbocycles. The van der Waals surface area contributed by atoms with Crippen molar-refractivity contribution in [1.29, 1.82) is 0 Å². The molecule has 3 N–H and O–H groups in total. The second-order valence-corrected chi connectivity index (χ2v) is 8.61. The van der Waals surface area contributed by atoms with Crippen molar-refractivity contribution in [1.82, 2.24) is 10.7 Å². The number of rotatable bonds is 11. The Labute approximate surface area is 220 Å². The molecule has 0 aliphatic carbocycles. The van der Waals surface area contributed by atoms with E-state index >= 15 is 0 Å². The van der Waals surface area contributed by atoms with Crippen molar-refractivity contribution in [2.45, 2.75) is 13.0 Å². The van der Waals surface area contributed by atoms with Crippen LogP contribution in [-0.4, -0.2) is 45.1 Å². The molecule has 4 rings (SSSR count). The molecule has 10 heteroatoms. The third-order valence-electron chi connectivity index (χ3n) is 6.08. The van der Waals surface area contributed by atoms with E-state index in [1.165, 1.54) is 7.11 Å². The van der Waals surface area contributed by atoms with Gasteiger partial charge in [0.15, 0.2) is 18.1 Å².